The maximum atomic E-state index is 13.8. The summed E-state index contributed by atoms with van der Waals surface area (Å²) in [6.07, 6.45) is 0. The summed E-state index contributed by atoms with van der Waals surface area (Å²) < 4.78 is 13.8. The number of hydrogen-bond acceptors (Lipinski definition) is 1. The zero-order chi connectivity index (χ0) is 14.9. The third-order valence-corrected chi connectivity index (χ3v) is 4.02. The average Bonchev–Trinajstić information content (AvgIpc) is 2.41. The van der Waals surface area contributed by atoms with E-state index in [1.165, 1.54) is 0 Å². The van der Waals surface area contributed by atoms with Crippen molar-refractivity contribution < 1.29 is 4.39 Å². The van der Waals surface area contributed by atoms with E-state index in [0.29, 0.717) is 11.1 Å². The highest BCUT2D eigenvalue weighted by molar-refractivity contribution is 6.31. The second kappa shape index (κ2) is 5.94. The lowest BCUT2D eigenvalue weighted by Crippen LogP contribution is -2.18. The molecule has 0 fully saturated rings. The molecule has 2 aromatic carbocycles. The summed E-state index contributed by atoms with van der Waals surface area (Å²) in [5.74, 6) is -0.134. The van der Waals surface area contributed by atoms with Crippen LogP contribution in [0.2, 0.25) is 5.02 Å². The zero-order valence-electron chi connectivity index (χ0n) is 12.2. The van der Waals surface area contributed by atoms with Crippen molar-refractivity contribution in [3.8, 4) is 0 Å². The van der Waals surface area contributed by atoms with E-state index in [2.05, 4.69) is 11.4 Å². The van der Waals surface area contributed by atoms with Crippen LogP contribution in [0.3, 0.4) is 0 Å². The summed E-state index contributed by atoms with van der Waals surface area (Å²) in [6.45, 7) is 5.56. The van der Waals surface area contributed by atoms with E-state index in [4.69, 9.17) is 11.6 Å². The first-order chi connectivity index (χ1) is 9.43. The molecule has 1 nitrogen and oxygen atoms in total. The first-order valence-electron chi connectivity index (χ1n) is 6.64. The molecule has 1 unspecified atom stereocenters. The molecule has 106 valence electrons. The second-order valence-electron chi connectivity index (χ2n) is 5.20. The van der Waals surface area contributed by atoms with Crippen LogP contribution in [0.5, 0.6) is 0 Å². The Bertz CT molecular complexity index is 614. The van der Waals surface area contributed by atoms with Crippen LogP contribution >= 0.6 is 11.6 Å². The van der Waals surface area contributed by atoms with Crippen molar-refractivity contribution in [2.75, 3.05) is 7.05 Å². The first-order valence-corrected chi connectivity index (χ1v) is 7.01. The Kier molecular flexibility index (Phi) is 4.46. The van der Waals surface area contributed by atoms with Crippen molar-refractivity contribution >= 4 is 11.6 Å². The molecule has 3 heteroatoms. The highest BCUT2D eigenvalue weighted by Crippen LogP contribution is 2.28. The number of aryl methyl sites for hydroxylation is 3. The van der Waals surface area contributed by atoms with Gasteiger partial charge in [0.1, 0.15) is 5.82 Å². The van der Waals surface area contributed by atoms with Crippen molar-refractivity contribution in [2.45, 2.75) is 26.8 Å². The fourth-order valence-corrected chi connectivity index (χ4v) is 2.65. The minimum Gasteiger partial charge on any atom is -0.309 e. The second-order valence-corrected chi connectivity index (χ2v) is 5.61. The maximum Gasteiger partial charge on any atom is 0.129 e. The van der Waals surface area contributed by atoms with Crippen LogP contribution in [-0.2, 0) is 0 Å². The van der Waals surface area contributed by atoms with E-state index in [9.17, 15) is 4.39 Å². The van der Waals surface area contributed by atoms with Gasteiger partial charge in [-0.15, -0.1) is 0 Å². The molecule has 0 aliphatic rings. The molecule has 0 heterocycles. The van der Waals surface area contributed by atoms with Gasteiger partial charge < -0.3 is 5.32 Å². The minimum absolute atomic E-state index is 0.00565. The quantitative estimate of drug-likeness (QED) is 0.863. The van der Waals surface area contributed by atoms with E-state index in [1.807, 2.05) is 38.2 Å². The molecule has 2 rings (SSSR count). The smallest absolute Gasteiger partial charge is 0.129 e. The molecule has 0 saturated carbocycles. The van der Waals surface area contributed by atoms with Gasteiger partial charge >= 0.3 is 0 Å². The fourth-order valence-electron chi connectivity index (χ4n) is 2.46. The fraction of sp³-hybridized carbons (Fsp3) is 0.294. The topological polar surface area (TPSA) is 12.0 Å². The molecule has 2 aromatic rings. The molecular weight excluding hydrogens is 273 g/mol. The Hall–Kier alpha value is -1.38. The van der Waals surface area contributed by atoms with Crippen molar-refractivity contribution in [3.05, 3.63) is 69.0 Å². The van der Waals surface area contributed by atoms with Gasteiger partial charge in [-0.2, -0.15) is 0 Å². The van der Waals surface area contributed by atoms with E-state index < -0.39 is 0 Å². The summed E-state index contributed by atoms with van der Waals surface area (Å²) in [5.41, 5.74) is 4.51. The van der Waals surface area contributed by atoms with Crippen molar-refractivity contribution in [2.24, 2.45) is 0 Å². The lowest BCUT2D eigenvalue weighted by Gasteiger charge is -2.19. The molecule has 0 saturated heterocycles. The number of benzene rings is 2. The minimum atomic E-state index is -0.134. The zero-order valence-corrected chi connectivity index (χ0v) is 13.0. The first kappa shape index (κ1) is 15.0. The lowest BCUT2D eigenvalue weighted by molar-refractivity contribution is 0.604. The summed E-state index contributed by atoms with van der Waals surface area (Å²) in [4.78, 5) is 0. The maximum absolute atomic E-state index is 13.8. The van der Waals surface area contributed by atoms with Gasteiger partial charge in [-0.25, -0.2) is 4.39 Å². The molecular formula is C17H19ClFN. The lowest BCUT2D eigenvalue weighted by atomic mass is 9.95. The van der Waals surface area contributed by atoms with E-state index in [1.54, 1.807) is 13.8 Å². The highest BCUT2D eigenvalue weighted by atomic mass is 35.5. The van der Waals surface area contributed by atoms with E-state index in [0.717, 1.165) is 21.7 Å². The van der Waals surface area contributed by atoms with Crippen LogP contribution in [0.15, 0.2) is 30.3 Å². The summed E-state index contributed by atoms with van der Waals surface area (Å²) >= 11 is 6.20. The van der Waals surface area contributed by atoms with Crippen LogP contribution in [0.25, 0.3) is 0 Å². The van der Waals surface area contributed by atoms with Gasteiger partial charge in [0.05, 0.1) is 6.04 Å². The van der Waals surface area contributed by atoms with Crippen LogP contribution in [-0.4, -0.2) is 7.05 Å². The SMILES string of the molecule is CNC(c1cc(C)c(F)c(C)c1)c1ccc(C)c(Cl)c1. The number of nitrogens with one attached hydrogen (secondary N) is 1. The monoisotopic (exact) mass is 291 g/mol. The van der Waals surface area contributed by atoms with Crippen LogP contribution in [0, 0.1) is 26.6 Å². The summed E-state index contributed by atoms with van der Waals surface area (Å²) in [6, 6.07) is 9.80. The predicted octanol–water partition coefficient (Wildman–Crippen LogP) is 4.71. The number of halogens is 2. The summed E-state index contributed by atoms with van der Waals surface area (Å²) in [7, 11) is 1.90. The van der Waals surface area contributed by atoms with Gasteiger partial charge in [0.25, 0.3) is 0 Å². The Morgan fingerprint density at radius 1 is 0.950 bits per heavy atom. The molecule has 1 atom stereocenters. The Labute approximate surface area is 124 Å². The Morgan fingerprint density at radius 3 is 2.05 bits per heavy atom. The Morgan fingerprint density at radius 2 is 1.55 bits per heavy atom. The van der Waals surface area contributed by atoms with Gasteiger partial charge in [0.2, 0.25) is 0 Å². The van der Waals surface area contributed by atoms with Crippen molar-refractivity contribution in [3.63, 3.8) is 0 Å². The van der Waals surface area contributed by atoms with Gasteiger partial charge in [-0.3, -0.25) is 0 Å². The molecule has 0 radical (unpaired) electrons. The Balaban J connectivity index is 2.49. The van der Waals surface area contributed by atoms with Crippen LogP contribution in [0.4, 0.5) is 4.39 Å². The van der Waals surface area contributed by atoms with Gasteiger partial charge in [-0.05, 0) is 61.7 Å². The standard InChI is InChI=1S/C17H19ClFN/c1-10-5-6-13(9-15(10)18)17(20-4)14-7-11(2)16(19)12(3)8-14/h5-9,17,20H,1-4H3. The van der Waals surface area contributed by atoms with Crippen LogP contribution < -0.4 is 5.32 Å². The third kappa shape index (κ3) is 2.87. The molecule has 0 spiro atoms. The average molecular weight is 292 g/mol. The van der Waals surface area contributed by atoms with E-state index >= 15 is 0 Å². The van der Waals surface area contributed by atoms with Crippen molar-refractivity contribution in [1.29, 1.82) is 0 Å². The third-order valence-electron chi connectivity index (χ3n) is 3.61. The highest BCUT2D eigenvalue weighted by Gasteiger charge is 2.15. The molecule has 0 bridgehead atoms. The molecule has 0 aliphatic carbocycles. The number of rotatable bonds is 3. The predicted molar refractivity (Wildman–Crippen MR) is 83.0 cm³/mol. The van der Waals surface area contributed by atoms with E-state index in [-0.39, 0.29) is 11.9 Å². The van der Waals surface area contributed by atoms with Gasteiger partial charge in [-0.1, -0.05) is 35.9 Å². The summed E-state index contributed by atoms with van der Waals surface area (Å²) in [5, 5.41) is 4.02. The van der Waals surface area contributed by atoms with Crippen LogP contribution in [0.1, 0.15) is 33.9 Å². The molecule has 1 N–H and O–H groups in total. The normalized spacial score (nSPS) is 12.5. The molecule has 0 aliphatic heterocycles. The number of hydrogen-bond donors (Lipinski definition) is 1. The molecule has 20 heavy (non-hydrogen) atoms. The van der Waals surface area contributed by atoms with Gasteiger partial charge in [0.15, 0.2) is 0 Å². The van der Waals surface area contributed by atoms with Crippen molar-refractivity contribution in [1.82, 2.24) is 5.32 Å². The molecule has 0 aromatic heterocycles. The van der Waals surface area contributed by atoms with Gasteiger partial charge in [0, 0.05) is 5.02 Å². The largest absolute Gasteiger partial charge is 0.309 e. The molecule has 0 amide bonds.